The highest BCUT2D eigenvalue weighted by Crippen LogP contribution is 2.22. The first-order valence-electron chi connectivity index (χ1n) is 7.20. The summed E-state index contributed by atoms with van der Waals surface area (Å²) in [6, 6.07) is 7.64. The molecule has 0 radical (unpaired) electrons. The molecule has 3 heterocycles. The third-order valence-electron chi connectivity index (χ3n) is 3.06. The molecule has 3 rings (SSSR count). The van der Waals surface area contributed by atoms with Crippen LogP contribution < -0.4 is 5.32 Å². The Morgan fingerprint density at radius 3 is 2.64 bits per heavy atom. The maximum atomic E-state index is 4.60. The molecule has 0 aliphatic rings. The number of fused-ring (bicyclic) bond motifs is 1. The van der Waals surface area contributed by atoms with Gasteiger partial charge in [-0.15, -0.1) is 0 Å². The summed E-state index contributed by atoms with van der Waals surface area (Å²) >= 11 is 0. The fourth-order valence-electron chi connectivity index (χ4n) is 2.00. The van der Waals surface area contributed by atoms with E-state index in [2.05, 4.69) is 45.2 Å². The number of rotatable bonds is 4. The summed E-state index contributed by atoms with van der Waals surface area (Å²) in [7, 11) is 0. The second kappa shape index (κ2) is 6.30. The molecule has 0 spiro atoms. The second-order valence-electron chi connectivity index (χ2n) is 5.27. The average molecular weight is 291 g/mol. The summed E-state index contributed by atoms with van der Waals surface area (Å²) in [4.78, 5) is 17.4. The van der Waals surface area contributed by atoms with Gasteiger partial charge in [0.2, 0.25) is 0 Å². The van der Waals surface area contributed by atoms with Gasteiger partial charge >= 0.3 is 0 Å². The van der Waals surface area contributed by atoms with E-state index < -0.39 is 0 Å². The van der Waals surface area contributed by atoms with Gasteiger partial charge in [-0.05, 0) is 36.3 Å². The predicted octanol–water partition coefficient (Wildman–Crippen LogP) is 3.83. The minimum Gasteiger partial charge on any atom is -0.339 e. The third-order valence-corrected chi connectivity index (χ3v) is 3.06. The largest absolute Gasteiger partial charge is 0.339 e. The van der Waals surface area contributed by atoms with E-state index >= 15 is 0 Å². The lowest BCUT2D eigenvalue weighted by Gasteiger charge is -2.09. The summed E-state index contributed by atoms with van der Waals surface area (Å²) in [6.07, 6.45) is 9.21. The Morgan fingerprint density at radius 2 is 1.86 bits per heavy atom. The SMILES string of the molecule is CC(C)/C=C/c1nc(Nc2ccncc2)c2cccnc2n1. The Bertz CT molecular complexity index is 797. The van der Waals surface area contributed by atoms with E-state index in [0.717, 1.165) is 16.9 Å². The molecule has 0 saturated carbocycles. The standard InChI is InChI=1S/C17H17N5/c1-12(2)5-6-15-21-16-14(4-3-9-19-16)17(22-15)20-13-7-10-18-11-8-13/h3-12H,1-2H3,(H,18,19,20,21,22)/b6-5+. The van der Waals surface area contributed by atoms with Crippen LogP contribution in [-0.4, -0.2) is 19.9 Å². The first-order valence-corrected chi connectivity index (χ1v) is 7.20. The number of anilines is 2. The number of allylic oxidation sites excluding steroid dienone is 1. The zero-order valence-electron chi connectivity index (χ0n) is 12.6. The molecule has 0 bridgehead atoms. The molecule has 0 amide bonds. The highest BCUT2D eigenvalue weighted by atomic mass is 15.1. The molecule has 0 unspecified atom stereocenters. The van der Waals surface area contributed by atoms with Gasteiger partial charge in [-0.1, -0.05) is 19.9 Å². The van der Waals surface area contributed by atoms with Gasteiger partial charge in [-0.2, -0.15) is 0 Å². The molecule has 0 saturated heterocycles. The van der Waals surface area contributed by atoms with Crippen LogP contribution in [-0.2, 0) is 0 Å². The minimum atomic E-state index is 0.444. The maximum absolute atomic E-state index is 4.60. The van der Waals surface area contributed by atoms with E-state index in [9.17, 15) is 0 Å². The van der Waals surface area contributed by atoms with Crippen LogP contribution >= 0.6 is 0 Å². The lowest BCUT2D eigenvalue weighted by molar-refractivity contribution is 0.835. The molecule has 3 aromatic rings. The molecule has 0 atom stereocenters. The molecular weight excluding hydrogens is 274 g/mol. The second-order valence-corrected chi connectivity index (χ2v) is 5.27. The van der Waals surface area contributed by atoms with E-state index in [0.29, 0.717) is 17.4 Å². The quantitative estimate of drug-likeness (QED) is 0.791. The summed E-state index contributed by atoms with van der Waals surface area (Å²) in [5, 5.41) is 4.20. The Labute approximate surface area is 129 Å². The Morgan fingerprint density at radius 1 is 1.05 bits per heavy atom. The molecular formula is C17H17N5. The molecule has 0 aliphatic carbocycles. The lowest BCUT2D eigenvalue weighted by Crippen LogP contribution is -2.00. The average Bonchev–Trinajstić information content (AvgIpc) is 2.54. The van der Waals surface area contributed by atoms with Crippen LogP contribution in [0.15, 0.2) is 48.9 Å². The van der Waals surface area contributed by atoms with Gasteiger partial charge in [0, 0.05) is 24.3 Å². The Balaban J connectivity index is 2.06. The van der Waals surface area contributed by atoms with Gasteiger partial charge in [0.25, 0.3) is 0 Å². The fourth-order valence-corrected chi connectivity index (χ4v) is 2.00. The number of pyridine rings is 2. The van der Waals surface area contributed by atoms with Crippen molar-refractivity contribution in [1.29, 1.82) is 0 Å². The fraction of sp³-hybridized carbons (Fsp3) is 0.176. The third kappa shape index (κ3) is 3.25. The van der Waals surface area contributed by atoms with E-state index in [1.54, 1.807) is 18.6 Å². The van der Waals surface area contributed by atoms with Crippen molar-refractivity contribution in [3.63, 3.8) is 0 Å². The topological polar surface area (TPSA) is 63.6 Å². The molecule has 0 aromatic carbocycles. The molecule has 3 aromatic heterocycles. The van der Waals surface area contributed by atoms with E-state index in [4.69, 9.17) is 0 Å². The van der Waals surface area contributed by atoms with E-state index in [1.807, 2.05) is 30.3 Å². The normalized spacial score (nSPS) is 11.4. The first-order chi connectivity index (χ1) is 10.7. The van der Waals surface area contributed by atoms with Crippen molar-refractivity contribution in [1.82, 2.24) is 19.9 Å². The van der Waals surface area contributed by atoms with E-state index in [1.165, 1.54) is 0 Å². The van der Waals surface area contributed by atoms with Crippen LogP contribution in [0.3, 0.4) is 0 Å². The molecule has 22 heavy (non-hydrogen) atoms. The zero-order chi connectivity index (χ0) is 15.4. The van der Waals surface area contributed by atoms with Gasteiger partial charge in [-0.25, -0.2) is 15.0 Å². The Hall–Kier alpha value is -2.82. The van der Waals surface area contributed by atoms with Crippen molar-refractivity contribution in [2.24, 2.45) is 5.92 Å². The lowest BCUT2D eigenvalue weighted by atomic mass is 10.2. The smallest absolute Gasteiger partial charge is 0.165 e. The van der Waals surface area contributed by atoms with Crippen LogP contribution in [0.2, 0.25) is 0 Å². The first kappa shape index (κ1) is 14.1. The minimum absolute atomic E-state index is 0.444. The molecule has 1 N–H and O–H groups in total. The highest BCUT2D eigenvalue weighted by Gasteiger charge is 2.07. The van der Waals surface area contributed by atoms with Crippen LogP contribution in [0.5, 0.6) is 0 Å². The van der Waals surface area contributed by atoms with Gasteiger partial charge in [-0.3, -0.25) is 4.98 Å². The van der Waals surface area contributed by atoms with Crippen molar-refractivity contribution in [2.45, 2.75) is 13.8 Å². The van der Waals surface area contributed by atoms with Gasteiger partial charge in [0.15, 0.2) is 11.5 Å². The maximum Gasteiger partial charge on any atom is 0.165 e. The number of hydrogen-bond donors (Lipinski definition) is 1. The number of aromatic nitrogens is 4. The van der Waals surface area contributed by atoms with Crippen LogP contribution in [0.4, 0.5) is 11.5 Å². The monoisotopic (exact) mass is 291 g/mol. The predicted molar refractivity (Wildman–Crippen MR) is 88.7 cm³/mol. The molecule has 0 aliphatic heterocycles. The zero-order valence-corrected chi connectivity index (χ0v) is 12.6. The van der Waals surface area contributed by atoms with Crippen molar-refractivity contribution in [3.05, 3.63) is 54.8 Å². The molecule has 5 heteroatoms. The van der Waals surface area contributed by atoms with Crippen LogP contribution in [0.25, 0.3) is 17.1 Å². The van der Waals surface area contributed by atoms with Crippen LogP contribution in [0.1, 0.15) is 19.7 Å². The number of nitrogens with one attached hydrogen (secondary N) is 1. The number of nitrogens with zero attached hydrogens (tertiary/aromatic N) is 4. The summed E-state index contributed by atoms with van der Waals surface area (Å²) in [6.45, 7) is 4.23. The van der Waals surface area contributed by atoms with Crippen LogP contribution in [0, 0.1) is 5.92 Å². The summed E-state index contributed by atoms with van der Waals surface area (Å²) in [5.41, 5.74) is 1.61. The van der Waals surface area contributed by atoms with Gasteiger partial charge < -0.3 is 5.32 Å². The Kier molecular flexibility index (Phi) is 4.05. The van der Waals surface area contributed by atoms with Gasteiger partial charge in [0.05, 0.1) is 5.39 Å². The van der Waals surface area contributed by atoms with Crippen molar-refractivity contribution in [2.75, 3.05) is 5.32 Å². The van der Waals surface area contributed by atoms with E-state index in [-0.39, 0.29) is 0 Å². The van der Waals surface area contributed by atoms with Crippen molar-refractivity contribution in [3.8, 4) is 0 Å². The summed E-state index contributed by atoms with van der Waals surface area (Å²) in [5.74, 6) is 1.84. The van der Waals surface area contributed by atoms with Gasteiger partial charge in [0.1, 0.15) is 5.82 Å². The summed E-state index contributed by atoms with van der Waals surface area (Å²) < 4.78 is 0. The van der Waals surface area contributed by atoms with Crippen molar-refractivity contribution < 1.29 is 0 Å². The molecule has 110 valence electrons. The number of hydrogen-bond acceptors (Lipinski definition) is 5. The molecule has 5 nitrogen and oxygen atoms in total. The van der Waals surface area contributed by atoms with Crippen molar-refractivity contribution >= 4 is 28.6 Å². The molecule has 0 fully saturated rings. The highest BCUT2D eigenvalue weighted by molar-refractivity contribution is 5.88.